The standard InChI is InChI=1S/C22H31NO4/c1-15-4-3-5-21(2)13-19-16(12-18(15)21)17(20(24)27-19)14-23-8-6-22(7-9-23)25-10-11-26-22/h4,12,16-17,19H,3,5-11,13-14H2,1-2H3/t16-,17+,19-,21-/m1/s1. The van der Waals surface area contributed by atoms with Crippen LogP contribution in [-0.4, -0.2) is 55.6 Å². The van der Waals surface area contributed by atoms with E-state index in [-0.39, 0.29) is 35.1 Å². The molecule has 4 atom stereocenters. The van der Waals surface area contributed by atoms with Crippen molar-refractivity contribution in [2.24, 2.45) is 17.3 Å². The lowest BCUT2D eigenvalue weighted by Gasteiger charge is -2.43. The van der Waals surface area contributed by atoms with Crippen LogP contribution >= 0.6 is 0 Å². The molecule has 3 aliphatic heterocycles. The number of carbonyl (C=O) groups is 1. The molecule has 0 unspecified atom stereocenters. The number of fused-ring (bicyclic) bond motifs is 2. The normalized spacial score (nSPS) is 41.0. The number of rotatable bonds is 2. The molecule has 5 aliphatic rings. The molecule has 5 rings (SSSR count). The van der Waals surface area contributed by atoms with Gasteiger partial charge in [-0.2, -0.15) is 0 Å². The second-order valence-electron chi connectivity index (χ2n) is 9.34. The molecule has 2 aliphatic carbocycles. The molecular weight excluding hydrogens is 342 g/mol. The van der Waals surface area contributed by atoms with Gasteiger partial charge in [0.1, 0.15) is 6.10 Å². The lowest BCUT2D eigenvalue weighted by atomic mass is 9.62. The maximum absolute atomic E-state index is 12.7. The summed E-state index contributed by atoms with van der Waals surface area (Å²) in [5.41, 5.74) is 3.03. The molecule has 0 saturated carbocycles. The number of esters is 1. The van der Waals surface area contributed by atoms with Gasteiger partial charge in [0.05, 0.1) is 19.1 Å². The largest absolute Gasteiger partial charge is 0.461 e. The molecule has 3 heterocycles. The van der Waals surface area contributed by atoms with Crippen LogP contribution in [0.15, 0.2) is 23.3 Å². The zero-order valence-electron chi connectivity index (χ0n) is 16.5. The lowest BCUT2D eigenvalue weighted by Crippen LogP contribution is -2.47. The molecule has 3 saturated heterocycles. The van der Waals surface area contributed by atoms with Gasteiger partial charge in [-0.05, 0) is 37.2 Å². The van der Waals surface area contributed by atoms with E-state index >= 15 is 0 Å². The first-order chi connectivity index (χ1) is 13.0. The third-order valence-corrected chi connectivity index (χ3v) is 7.58. The van der Waals surface area contributed by atoms with Gasteiger partial charge in [-0.15, -0.1) is 0 Å². The highest BCUT2D eigenvalue weighted by molar-refractivity contribution is 5.76. The Morgan fingerprint density at radius 1 is 1.19 bits per heavy atom. The summed E-state index contributed by atoms with van der Waals surface area (Å²) in [6.07, 6.45) is 9.86. The van der Waals surface area contributed by atoms with Gasteiger partial charge in [0.25, 0.3) is 0 Å². The lowest BCUT2D eigenvalue weighted by molar-refractivity contribution is -0.186. The number of allylic oxidation sites excluding steroid dienone is 3. The number of carbonyl (C=O) groups excluding carboxylic acids is 1. The van der Waals surface area contributed by atoms with Gasteiger partial charge < -0.3 is 19.1 Å². The Balaban J connectivity index is 1.31. The first kappa shape index (κ1) is 17.9. The summed E-state index contributed by atoms with van der Waals surface area (Å²) in [6, 6.07) is 0. The van der Waals surface area contributed by atoms with Crippen LogP contribution < -0.4 is 0 Å². The van der Waals surface area contributed by atoms with Crippen LogP contribution in [0.1, 0.15) is 46.0 Å². The van der Waals surface area contributed by atoms with Crippen molar-refractivity contribution in [1.82, 2.24) is 4.90 Å². The summed E-state index contributed by atoms with van der Waals surface area (Å²) in [4.78, 5) is 15.1. The molecule has 0 N–H and O–H groups in total. The van der Waals surface area contributed by atoms with E-state index in [9.17, 15) is 4.79 Å². The van der Waals surface area contributed by atoms with Crippen molar-refractivity contribution in [1.29, 1.82) is 0 Å². The van der Waals surface area contributed by atoms with E-state index in [0.29, 0.717) is 13.2 Å². The average Bonchev–Trinajstić information content (AvgIpc) is 3.20. The summed E-state index contributed by atoms with van der Waals surface area (Å²) in [5, 5.41) is 0. The van der Waals surface area contributed by atoms with Crippen molar-refractivity contribution in [3.8, 4) is 0 Å². The van der Waals surface area contributed by atoms with Crippen molar-refractivity contribution in [3.63, 3.8) is 0 Å². The Labute approximate surface area is 161 Å². The van der Waals surface area contributed by atoms with E-state index in [2.05, 4.69) is 30.9 Å². The predicted octanol–water partition coefficient (Wildman–Crippen LogP) is 3.06. The Kier molecular flexibility index (Phi) is 4.26. The van der Waals surface area contributed by atoms with Crippen LogP contribution in [0, 0.1) is 17.3 Å². The molecule has 0 aromatic carbocycles. The second-order valence-corrected chi connectivity index (χ2v) is 9.34. The smallest absolute Gasteiger partial charge is 0.311 e. The van der Waals surface area contributed by atoms with Crippen LogP contribution in [0.4, 0.5) is 0 Å². The van der Waals surface area contributed by atoms with Crippen molar-refractivity contribution in [3.05, 3.63) is 23.3 Å². The summed E-state index contributed by atoms with van der Waals surface area (Å²) >= 11 is 0. The maximum atomic E-state index is 12.7. The fourth-order valence-electron chi connectivity index (χ4n) is 5.98. The molecule has 5 heteroatoms. The zero-order valence-corrected chi connectivity index (χ0v) is 16.5. The van der Waals surface area contributed by atoms with Gasteiger partial charge in [0.2, 0.25) is 0 Å². The minimum atomic E-state index is -0.353. The predicted molar refractivity (Wildman–Crippen MR) is 101 cm³/mol. The van der Waals surface area contributed by atoms with Gasteiger partial charge in [-0.3, -0.25) is 4.79 Å². The monoisotopic (exact) mass is 373 g/mol. The maximum Gasteiger partial charge on any atom is 0.311 e. The van der Waals surface area contributed by atoms with E-state index in [1.165, 1.54) is 11.1 Å². The van der Waals surface area contributed by atoms with Gasteiger partial charge in [-0.1, -0.05) is 24.6 Å². The van der Waals surface area contributed by atoms with E-state index < -0.39 is 0 Å². The number of likely N-dealkylation sites (tertiary alicyclic amines) is 1. The van der Waals surface area contributed by atoms with Gasteiger partial charge in [-0.25, -0.2) is 0 Å². The summed E-state index contributed by atoms with van der Waals surface area (Å²) in [6.45, 7) is 8.62. The molecule has 0 aromatic heterocycles. The molecule has 0 aromatic rings. The van der Waals surface area contributed by atoms with Crippen LogP contribution in [-0.2, 0) is 19.0 Å². The second kappa shape index (κ2) is 6.43. The fourth-order valence-corrected chi connectivity index (χ4v) is 5.98. The van der Waals surface area contributed by atoms with Gasteiger partial charge in [0, 0.05) is 38.4 Å². The average molecular weight is 373 g/mol. The number of hydrogen-bond donors (Lipinski definition) is 0. The minimum absolute atomic E-state index is 0.000572. The molecule has 27 heavy (non-hydrogen) atoms. The number of piperidine rings is 1. The summed E-state index contributed by atoms with van der Waals surface area (Å²) < 4.78 is 17.5. The Morgan fingerprint density at radius 3 is 2.67 bits per heavy atom. The first-order valence-electron chi connectivity index (χ1n) is 10.6. The SMILES string of the molecule is CC1=CCC[C@]2(C)C[C@H]3OC(=O)[C@@H](CN4CCC5(CC4)OCCO5)[C@H]3C=C12. The molecule has 1 spiro atoms. The van der Waals surface area contributed by atoms with Crippen molar-refractivity contribution in [2.75, 3.05) is 32.8 Å². The van der Waals surface area contributed by atoms with Crippen LogP contribution in [0.2, 0.25) is 0 Å². The topological polar surface area (TPSA) is 48.0 Å². The molecule has 0 bridgehead atoms. The first-order valence-corrected chi connectivity index (χ1v) is 10.6. The van der Waals surface area contributed by atoms with Gasteiger partial charge in [0.15, 0.2) is 5.79 Å². The molecule has 3 fully saturated rings. The van der Waals surface area contributed by atoms with Crippen molar-refractivity contribution in [2.45, 2.75) is 57.8 Å². The molecule has 148 valence electrons. The molecule has 0 radical (unpaired) electrons. The van der Waals surface area contributed by atoms with Crippen LogP contribution in [0.3, 0.4) is 0 Å². The van der Waals surface area contributed by atoms with E-state index in [0.717, 1.165) is 51.7 Å². The third-order valence-electron chi connectivity index (χ3n) is 7.58. The highest BCUT2D eigenvalue weighted by Crippen LogP contribution is 2.52. The molecule has 5 nitrogen and oxygen atoms in total. The van der Waals surface area contributed by atoms with Gasteiger partial charge >= 0.3 is 5.97 Å². The number of hydrogen-bond acceptors (Lipinski definition) is 5. The summed E-state index contributed by atoms with van der Waals surface area (Å²) in [7, 11) is 0. The molecular formula is C22H31NO4. The van der Waals surface area contributed by atoms with Crippen molar-refractivity contribution < 1.29 is 19.0 Å². The minimum Gasteiger partial charge on any atom is -0.461 e. The summed E-state index contributed by atoms with van der Waals surface area (Å²) in [5.74, 6) is -0.175. The number of ether oxygens (including phenoxy) is 3. The highest BCUT2D eigenvalue weighted by Gasteiger charge is 2.51. The third kappa shape index (κ3) is 2.99. The Morgan fingerprint density at radius 2 is 1.93 bits per heavy atom. The van der Waals surface area contributed by atoms with Crippen LogP contribution in [0.5, 0.6) is 0 Å². The fraction of sp³-hybridized carbons (Fsp3) is 0.773. The van der Waals surface area contributed by atoms with Crippen molar-refractivity contribution >= 4 is 5.97 Å². The quantitative estimate of drug-likeness (QED) is 0.696. The van der Waals surface area contributed by atoms with Crippen LogP contribution in [0.25, 0.3) is 0 Å². The highest BCUT2D eigenvalue weighted by atomic mass is 16.7. The van der Waals surface area contributed by atoms with E-state index in [1.807, 2.05) is 0 Å². The Hall–Kier alpha value is -1.17. The number of nitrogens with zero attached hydrogens (tertiary/aromatic N) is 1. The zero-order chi connectivity index (χ0) is 18.6. The van der Waals surface area contributed by atoms with E-state index in [4.69, 9.17) is 14.2 Å². The van der Waals surface area contributed by atoms with E-state index in [1.54, 1.807) is 0 Å². The molecule has 0 amide bonds. The Bertz CT molecular complexity index is 682.